The lowest BCUT2D eigenvalue weighted by Gasteiger charge is -2.19. The zero-order valence-corrected chi connectivity index (χ0v) is 12.1. The molecule has 2 atom stereocenters. The number of rotatable bonds is 5. The highest BCUT2D eigenvalue weighted by Crippen LogP contribution is 2.22. The molecule has 1 aliphatic heterocycles. The molecule has 1 unspecified atom stereocenters. The Morgan fingerprint density at radius 2 is 2.23 bits per heavy atom. The Kier molecular flexibility index (Phi) is 4.47. The number of nitrogens with one attached hydrogen (secondary N) is 1. The molecule has 2 aromatic rings. The summed E-state index contributed by atoms with van der Waals surface area (Å²) in [5.74, 6) is -1.21. The fourth-order valence-electron chi connectivity index (χ4n) is 2.70. The van der Waals surface area contributed by atoms with Crippen LogP contribution in [0.3, 0.4) is 0 Å². The lowest BCUT2D eigenvalue weighted by atomic mass is 9.75. The molecule has 1 aromatic carbocycles. The number of fused-ring (bicyclic) bond motifs is 1. The largest absolute Gasteiger partial charge is 0.475 e. The van der Waals surface area contributed by atoms with E-state index in [1.54, 1.807) is 6.26 Å². The van der Waals surface area contributed by atoms with Gasteiger partial charge in [0.1, 0.15) is 5.58 Å². The molecule has 22 heavy (non-hydrogen) atoms. The van der Waals surface area contributed by atoms with Crippen LogP contribution in [0.5, 0.6) is 0 Å². The van der Waals surface area contributed by atoms with Crippen molar-refractivity contribution in [3.63, 3.8) is 0 Å². The van der Waals surface area contributed by atoms with E-state index in [4.69, 9.17) is 9.15 Å². The van der Waals surface area contributed by atoms with Gasteiger partial charge in [0.2, 0.25) is 5.91 Å². The molecule has 1 aromatic heterocycles. The molecule has 116 valence electrons. The molecular formula is C15H18BNO5. The van der Waals surface area contributed by atoms with Gasteiger partial charge in [0.05, 0.1) is 24.7 Å². The van der Waals surface area contributed by atoms with E-state index in [0.29, 0.717) is 19.6 Å². The van der Waals surface area contributed by atoms with Crippen molar-refractivity contribution in [1.29, 1.82) is 0 Å². The summed E-state index contributed by atoms with van der Waals surface area (Å²) in [7, 11) is -1.64. The minimum Gasteiger partial charge on any atom is -0.464 e. The maximum absolute atomic E-state index is 12.1. The maximum atomic E-state index is 12.1. The maximum Gasteiger partial charge on any atom is 0.475 e. The summed E-state index contributed by atoms with van der Waals surface area (Å²) in [6.07, 6.45) is 2.54. The zero-order valence-electron chi connectivity index (χ0n) is 12.1. The van der Waals surface area contributed by atoms with Crippen molar-refractivity contribution in [2.75, 3.05) is 13.2 Å². The molecule has 6 nitrogen and oxygen atoms in total. The molecule has 2 heterocycles. The average molecular weight is 303 g/mol. The first-order valence-electron chi connectivity index (χ1n) is 7.34. The van der Waals surface area contributed by atoms with Crippen LogP contribution in [-0.2, 0) is 16.0 Å². The third-order valence-corrected chi connectivity index (χ3v) is 3.99. The van der Waals surface area contributed by atoms with Gasteiger partial charge in [0, 0.05) is 12.0 Å². The third kappa shape index (κ3) is 3.16. The summed E-state index contributed by atoms with van der Waals surface area (Å²) in [5.41, 5.74) is 1.57. The number of hydrogen-bond acceptors (Lipinski definition) is 5. The SMILES string of the molecule is O=C(NC(Cc1coc2ccccc12)B(O)O)[C@@H]1CCOC1. The highest BCUT2D eigenvalue weighted by Gasteiger charge is 2.31. The van der Waals surface area contributed by atoms with Crippen LogP contribution in [0.4, 0.5) is 0 Å². The van der Waals surface area contributed by atoms with Gasteiger partial charge in [0.15, 0.2) is 0 Å². The first-order chi connectivity index (χ1) is 10.6. The number of benzene rings is 1. The van der Waals surface area contributed by atoms with Crippen LogP contribution in [0.15, 0.2) is 34.9 Å². The molecule has 1 aliphatic rings. The number of carbonyl (C=O) groups excluding carboxylic acids is 1. The summed E-state index contributed by atoms with van der Waals surface area (Å²) in [5, 5.41) is 22.7. The number of carbonyl (C=O) groups is 1. The second kappa shape index (κ2) is 6.52. The minimum atomic E-state index is -1.64. The lowest BCUT2D eigenvalue weighted by Crippen LogP contribution is -2.49. The number of hydrogen-bond donors (Lipinski definition) is 3. The highest BCUT2D eigenvalue weighted by atomic mass is 16.5. The van der Waals surface area contributed by atoms with Crippen molar-refractivity contribution in [1.82, 2.24) is 5.32 Å². The molecule has 3 N–H and O–H groups in total. The summed E-state index contributed by atoms with van der Waals surface area (Å²) >= 11 is 0. The fraction of sp³-hybridized carbons (Fsp3) is 0.400. The summed E-state index contributed by atoms with van der Waals surface area (Å²) in [4.78, 5) is 12.1. The summed E-state index contributed by atoms with van der Waals surface area (Å²) in [6.45, 7) is 0.950. The summed E-state index contributed by atoms with van der Waals surface area (Å²) < 4.78 is 10.6. The van der Waals surface area contributed by atoms with E-state index in [1.807, 2.05) is 24.3 Å². The second-order valence-corrected chi connectivity index (χ2v) is 5.55. The van der Waals surface area contributed by atoms with Crippen molar-refractivity contribution in [3.8, 4) is 0 Å². The molecule has 0 radical (unpaired) electrons. The molecular weight excluding hydrogens is 285 g/mol. The van der Waals surface area contributed by atoms with Crippen molar-refractivity contribution in [3.05, 3.63) is 36.1 Å². The number of ether oxygens (including phenoxy) is 1. The van der Waals surface area contributed by atoms with Gasteiger partial charge in [-0.3, -0.25) is 4.79 Å². The number of furan rings is 1. The second-order valence-electron chi connectivity index (χ2n) is 5.55. The van der Waals surface area contributed by atoms with Crippen molar-refractivity contribution < 1.29 is 24.0 Å². The Bertz CT molecular complexity index is 650. The fourth-order valence-corrected chi connectivity index (χ4v) is 2.70. The molecule has 3 rings (SSSR count). The van der Waals surface area contributed by atoms with Crippen molar-refractivity contribution in [2.24, 2.45) is 5.92 Å². The van der Waals surface area contributed by atoms with Gasteiger partial charge in [-0.2, -0.15) is 0 Å². The zero-order chi connectivity index (χ0) is 15.5. The third-order valence-electron chi connectivity index (χ3n) is 3.99. The first-order valence-corrected chi connectivity index (χ1v) is 7.34. The van der Waals surface area contributed by atoms with Crippen LogP contribution < -0.4 is 5.32 Å². The van der Waals surface area contributed by atoms with Crippen LogP contribution in [0.1, 0.15) is 12.0 Å². The Morgan fingerprint density at radius 3 is 2.95 bits per heavy atom. The Hall–Kier alpha value is -1.83. The molecule has 0 bridgehead atoms. The van der Waals surface area contributed by atoms with Crippen LogP contribution in [0, 0.1) is 5.92 Å². The average Bonchev–Trinajstić information content (AvgIpc) is 3.16. The van der Waals surface area contributed by atoms with Crippen LogP contribution in [0.25, 0.3) is 11.0 Å². The van der Waals surface area contributed by atoms with Gasteiger partial charge in [-0.25, -0.2) is 0 Å². The van der Waals surface area contributed by atoms with E-state index in [0.717, 1.165) is 16.5 Å². The normalized spacial score (nSPS) is 19.3. The molecule has 0 spiro atoms. The topological polar surface area (TPSA) is 91.9 Å². The smallest absolute Gasteiger partial charge is 0.464 e. The number of para-hydroxylation sites is 1. The van der Waals surface area contributed by atoms with Gasteiger partial charge in [-0.05, 0) is 24.5 Å². The van der Waals surface area contributed by atoms with E-state index in [2.05, 4.69) is 5.32 Å². The van der Waals surface area contributed by atoms with E-state index in [-0.39, 0.29) is 18.2 Å². The Morgan fingerprint density at radius 1 is 1.41 bits per heavy atom. The molecule has 0 saturated carbocycles. The standard InChI is InChI=1S/C15H18BNO5/c18-15(10-5-6-21-8-10)17-14(16(19)20)7-11-9-22-13-4-2-1-3-12(11)13/h1-4,9-10,14,19-20H,5-8H2,(H,17,18)/t10-,14?/m1/s1. The van der Waals surface area contributed by atoms with E-state index >= 15 is 0 Å². The van der Waals surface area contributed by atoms with Crippen LogP contribution >= 0.6 is 0 Å². The van der Waals surface area contributed by atoms with Crippen molar-refractivity contribution in [2.45, 2.75) is 18.8 Å². The van der Waals surface area contributed by atoms with Gasteiger partial charge >= 0.3 is 7.12 Å². The molecule has 0 aliphatic carbocycles. The van der Waals surface area contributed by atoms with Gasteiger partial charge < -0.3 is 24.5 Å². The predicted octanol–water partition coefficient (Wildman–Crippen LogP) is 0.509. The monoisotopic (exact) mass is 303 g/mol. The van der Waals surface area contributed by atoms with E-state index in [9.17, 15) is 14.8 Å². The number of amides is 1. The van der Waals surface area contributed by atoms with Crippen LogP contribution in [-0.4, -0.2) is 42.2 Å². The van der Waals surface area contributed by atoms with Gasteiger partial charge in [0.25, 0.3) is 0 Å². The van der Waals surface area contributed by atoms with Crippen LogP contribution in [0.2, 0.25) is 0 Å². The quantitative estimate of drug-likeness (QED) is 0.700. The van der Waals surface area contributed by atoms with E-state index in [1.165, 1.54) is 0 Å². The van der Waals surface area contributed by atoms with E-state index < -0.39 is 13.1 Å². The first kappa shape index (κ1) is 15.1. The molecule has 1 fully saturated rings. The molecule has 7 heteroatoms. The lowest BCUT2D eigenvalue weighted by molar-refractivity contribution is -0.125. The highest BCUT2D eigenvalue weighted by molar-refractivity contribution is 6.43. The van der Waals surface area contributed by atoms with Gasteiger partial charge in [-0.1, -0.05) is 18.2 Å². The Labute approximate surface area is 128 Å². The summed E-state index contributed by atoms with van der Waals surface area (Å²) in [6, 6.07) is 7.51. The molecule has 1 amide bonds. The van der Waals surface area contributed by atoms with Gasteiger partial charge in [-0.15, -0.1) is 0 Å². The Balaban J connectivity index is 1.72. The molecule has 1 saturated heterocycles. The van der Waals surface area contributed by atoms with Crippen molar-refractivity contribution >= 4 is 24.0 Å². The predicted molar refractivity (Wildman–Crippen MR) is 81.0 cm³/mol. The minimum absolute atomic E-state index is 0.205.